The van der Waals surface area contributed by atoms with Crippen molar-refractivity contribution in [3.63, 3.8) is 0 Å². The number of nitrogens with one attached hydrogen (secondary N) is 1. The summed E-state index contributed by atoms with van der Waals surface area (Å²) in [4.78, 5) is -4.38. The summed E-state index contributed by atoms with van der Waals surface area (Å²) in [5.74, 6) is 0. The third kappa shape index (κ3) is 7.31. The first-order chi connectivity index (χ1) is 18.8. The summed E-state index contributed by atoms with van der Waals surface area (Å²) in [6, 6.07) is 5.69. The lowest BCUT2D eigenvalue weighted by Gasteiger charge is -2.32. The molecule has 3 rings (SSSR count). The topological polar surface area (TPSA) is 92.1 Å². The van der Waals surface area contributed by atoms with Gasteiger partial charge in [0.05, 0.1) is 37.3 Å². The molecule has 1 aromatic rings. The van der Waals surface area contributed by atoms with Gasteiger partial charge in [0.2, 0.25) is 0 Å². The van der Waals surface area contributed by atoms with Crippen molar-refractivity contribution >= 4 is 37.0 Å². The predicted molar refractivity (Wildman–Crippen MR) is 148 cm³/mol. The Hall–Kier alpha value is -2.45. The average molecular weight is 630 g/mol. The largest absolute Gasteiger partial charge is 0.502 e. The summed E-state index contributed by atoms with van der Waals surface area (Å²) in [6.45, 7) is 10.8. The first kappa shape index (κ1) is 34.7. The molecule has 0 aliphatic heterocycles. The predicted octanol–water partition coefficient (Wildman–Crippen LogP) is 7.02. The first-order valence-electron chi connectivity index (χ1n) is 13.1. The molecule has 0 amide bonds. The smallest absolute Gasteiger partial charge is 0.327 e. The molecular formula is C27H35F6N2O4S2+. The van der Waals surface area contributed by atoms with E-state index in [0.29, 0.717) is 0 Å². The van der Waals surface area contributed by atoms with E-state index in [2.05, 4.69) is 27.8 Å². The summed E-state index contributed by atoms with van der Waals surface area (Å²) < 4.78 is 127. The van der Waals surface area contributed by atoms with Gasteiger partial charge in [0, 0.05) is 5.57 Å². The van der Waals surface area contributed by atoms with Gasteiger partial charge in [0.1, 0.15) is 4.91 Å². The monoisotopic (exact) mass is 629 g/mol. The molecule has 0 aromatic heterocycles. The number of hydrogen-bond donors (Lipinski definition) is 1. The van der Waals surface area contributed by atoms with Crippen LogP contribution in [-0.2, 0) is 19.7 Å². The molecule has 0 unspecified atom stereocenters. The molecule has 230 valence electrons. The van der Waals surface area contributed by atoms with Gasteiger partial charge < -0.3 is 4.48 Å². The average Bonchev–Trinajstić information content (AvgIpc) is 3.26. The van der Waals surface area contributed by atoms with Gasteiger partial charge in [-0.25, -0.2) is 16.8 Å². The van der Waals surface area contributed by atoms with Gasteiger partial charge in [0.25, 0.3) is 19.7 Å². The van der Waals surface area contributed by atoms with Gasteiger partial charge >= 0.3 is 11.0 Å². The normalized spacial score (nSPS) is 16.0. The summed E-state index contributed by atoms with van der Waals surface area (Å²) in [5, 5.41) is 7.82. The van der Waals surface area contributed by atoms with Gasteiger partial charge in [-0.3, -0.25) is 5.41 Å². The SMILES string of the molecule is CCCCCCC[N+](C)(CC)CC.N=C1C2=Cc3ccccc3C2=CC(S(=O)(=O)C(F)(F)F)=C1S(=O)(=O)C(F)(F)F. The van der Waals surface area contributed by atoms with E-state index in [1.165, 1.54) is 80.5 Å². The van der Waals surface area contributed by atoms with Crippen LogP contribution in [0.1, 0.15) is 64.0 Å². The van der Waals surface area contributed by atoms with E-state index in [1.54, 1.807) is 0 Å². The minimum atomic E-state index is -6.58. The quantitative estimate of drug-likeness (QED) is 0.171. The summed E-state index contributed by atoms with van der Waals surface area (Å²) in [5.41, 5.74) is -13.9. The van der Waals surface area contributed by atoms with E-state index in [9.17, 15) is 43.2 Å². The van der Waals surface area contributed by atoms with Crippen molar-refractivity contribution in [1.29, 1.82) is 5.41 Å². The van der Waals surface area contributed by atoms with Crippen molar-refractivity contribution in [3.8, 4) is 0 Å². The third-order valence-electron chi connectivity index (χ3n) is 7.33. The molecule has 0 saturated carbocycles. The van der Waals surface area contributed by atoms with Crippen molar-refractivity contribution in [2.75, 3.05) is 26.7 Å². The minimum Gasteiger partial charge on any atom is -0.327 e. The van der Waals surface area contributed by atoms with E-state index in [-0.39, 0.29) is 22.8 Å². The Labute approximate surface area is 237 Å². The number of rotatable bonds is 10. The Kier molecular flexibility index (Phi) is 10.9. The number of halogens is 6. The van der Waals surface area contributed by atoms with Crippen LogP contribution >= 0.6 is 0 Å². The van der Waals surface area contributed by atoms with Gasteiger partial charge in [-0.05, 0) is 55.5 Å². The molecular weight excluding hydrogens is 594 g/mol. The van der Waals surface area contributed by atoms with Crippen LogP contribution in [0.15, 0.2) is 45.7 Å². The summed E-state index contributed by atoms with van der Waals surface area (Å²) in [7, 11) is -10.7. The number of fused-ring (bicyclic) bond motifs is 3. The highest BCUT2D eigenvalue weighted by molar-refractivity contribution is 8.00. The maximum absolute atomic E-state index is 13.0. The van der Waals surface area contributed by atoms with E-state index in [4.69, 9.17) is 5.41 Å². The fourth-order valence-corrected chi connectivity index (χ4v) is 6.86. The highest BCUT2D eigenvalue weighted by Crippen LogP contribution is 2.47. The van der Waals surface area contributed by atoms with Crippen molar-refractivity contribution in [1.82, 2.24) is 0 Å². The molecule has 0 heterocycles. The number of nitrogens with zero attached hydrogens (tertiary/aromatic N) is 1. The number of hydrogen-bond acceptors (Lipinski definition) is 5. The number of quaternary nitrogens is 1. The highest BCUT2D eigenvalue weighted by Gasteiger charge is 2.57. The van der Waals surface area contributed by atoms with Gasteiger partial charge in [0.15, 0.2) is 0 Å². The van der Waals surface area contributed by atoms with Crippen LogP contribution in [0.3, 0.4) is 0 Å². The van der Waals surface area contributed by atoms with Crippen LogP contribution in [-0.4, -0.2) is 64.7 Å². The number of benzene rings is 1. The Morgan fingerprint density at radius 1 is 0.756 bits per heavy atom. The second kappa shape index (κ2) is 12.8. The molecule has 1 N–H and O–H groups in total. The summed E-state index contributed by atoms with van der Waals surface area (Å²) in [6.07, 6.45) is 8.38. The van der Waals surface area contributed by atoms with Crippen molar-refractivity contribution in [2.45, 2.75) is 63.9 Å². The van der Waals surface area contributed by atoms with Crippen LogP contribution < -0.4 is 0 Å². The van der Waals surface area contributed by atoms with Crippen LogP contribution in [0.25, 0.3) is 11.6 Å². The molecule has 14 heteroatoms. The number of alkyl halides is 6. The molecule has 0 atom stereocenters. The Bertz CT molecular complexity index is 1450. The number of sulfone groups is 2. The van der Waals surface area contributed by atoms with Crippen LogP contribution in [0.2, 0.25) is 0 Å². The van der Waals surface area contributed by atoms with E-state index < -0.39 is 51.8 Å². The number of unbranched alkanes of at least 4 members (excludes halogenated alkanes) is 4. The highest BCUT2D eigenvalue weighted by atomic mass is 32.2. The van der Waals surface area contributed by atoms with Crippen molar-refractivity contribution < 1.29 is 47.7 Å². The third-order valence-corrected chi connectivity index (χ3v) is 10.5. The molecule has 0 spiro atoms. The van der Waals surface area contributed by atoms with Gasteiger partial charge in [-0.1, -0.05) is 50.5 Å². The molecule has 0 saturated heterocycles. The van der Waals surface area contributed by atoms with Crippen molar-refractivity contribution in [2.24, 2.45) is 0 Å². The second-order valence-corrected chi connectivity index (χ2v) is 13.8. The molecule has 41 heavy (non-hydrogen) atoms. The molecule has 0 fully saturated rings. The molecule has 0 bridgehead atoms. The lowest BCUT2D eigenvalue weighted by atomic mass is 9.95. The van der Waals surface area contributed by atoms with Crippen LogP contribution in [0.5, 0.6) is 0 Å². The molecule has 2 aliphatic rings. The lowest BCUT2D eigenvalue weighted by molar-refractivity contribution is -0.906. The van der Waals surface area contributed by atoms with E-state index >= 15 is 0 Å². The molecule has 2 aliphatic carbocycles. The van der Waals surface area contributed by atoms with Crippen LogP contribution in [0.4, 0.5) is 26.3 Å². The Morgan fingerprint density at radius 2 is 1.29 bits per heavy atom. The molecule has 6 nitrogen and oxygen atoms in total. The van der Waals surface area contributed by atoms with Crippen LogP contribution in [0, 0.1) is 5.41 Å². The Morgan fingerprint density at radius 3 is 1.80 bits per heavy atom. The van der Waals surface area contributed by atoms with E-state index in [1.807, 2.05) is 0 Å². The first-order valence-corrected chi connectivity index (χ1v) is 16.1. The zero-order valence-electron chi connectivity index (χ0n) is 23.3. The fraction of sp³-hybridized carbons (Fsp3) is 0.519. The fourth-order valence-electron chi connectivity index (χ4n) is 4.39. The maximum atomic E-state index is 13.0. The second-order valence-electron chi connectivity index (χ2n) is 10.1. The minimum absolute atomic E-state index is 0.153. The van der Waals surface area contributed by atoms with Crippen molar-refractivity contribution in [3.05, 3.63) is 56.9 Å². The zero-order chi connectivity index (χ0) is 31.4. The molecule has 0 radical (unpaired) electrons. The molecule has 1 aromatic carbocycles. The van der Waals surface area contributed by atoms with E-state index in [0.717, 1.165) is 6.08 Å². The zero-order valence-corrected chi connectivity index (χ0v) is 24.9. The number of allylic oxidation sites excluding steroid dienone is 4. The Balaban J connectivity index is 0.000000383. The van der Waals surface area contributed by atoms with Gasteiger partial charge in [-0.15, -0.1) is 0 Å². The lowest BCUT2D eigenvalue weighted by Crippen LogP contribution is -2.44. The standard InChI is InChI=1S/C15H7F6NO4S2.C12H28N/c16-14(17,18)27(23,24)11-6-9-8-4-2-1-3-7(8)5-10(9)12(22)13(11)28(25,26)15(19,20)21;1-5-8-9-10-11-12-13(4,6-2)7-3/h1-6,22H;5-12H2,1-4H3/q;+1. The maximum Gasteiger partial charge on any atom is 0.502 e. The van der Waals surface area contributed by atoms with Gasteiger partial charge in [-0.2, -0.15) is 26.3 Å². The summed E-state index contributed by atoms with van der Waals surface area (Å²) >= 11 is 0.